The lowest BCUT2D eigenvalue weighted by atomic mass is 10.0. The van der Waals surface area contributed by atoms with Gasteiger partial charge in [0.25, 0.3) is 0 Å². The molecule has 20 heavy (non-hydrogen) atoms. The van der Waals surface area contributed by atoms with Crippen LogP contribution in [0.1, 0.15) is 36.9 Å². The molecule has 6 heteroatoms. The van der Waals surface area contributed by atoms with Gasteiger partial charge in [-0.15, -0.1) is 0 Å². The van der Waals surface area contributed by atoms with Crippen molar-refractivity contribution in [1.29, 1.82) is 0 Å². The molecule has 0 aromatic heterocycles. The standard InChI is InChI=1S/C14H19F4NO/c1-3-7-20-8-6-13(19-2)10-4-5-12(15)11(9-10)14(16,17)18/h4-5,9,13,19H,3,6-8H2,1-2H3. The number of nitrogens with one attached hydrogen (secondary N) is 1. The Hall–Kier alpha value is -1.14. The van der Waals surface area contributed by atoms with Crippen LogP contribution >= 0.6 is 0 Å². The van der Waals surface area contributed by atoms with Crippen LogP contribution in [0.5, 0.6) is 0 Å². The van der Waals surface area contributed by atoms with Gasteiger partial charge < -0.3 is 10.1 Å². The Morgan fingerprint density at radius 2 is 1.95 bits per heavy atom. The highest BCUT2D eigenvalue weighted by molar-refractivity contribution is 5.29. The van der Waals surface area contributed by atoms with Crippen molar-refractivity contribution in [2.24, 2.45) is 0 Å². The molecule has 0 saturated carbocycles. The minimum absolute atomic E-state index is 0.298. The fourth-order valence-electron chi connectivity index (χ4n) is 1.90. The maximum absolute atomic E-state index is 13.2. The van der Waals surface area contributed by atoms with Crippen molar-refractivity contribution >= 4 is 0 Å². The molecule has 0 saturated heterocycles. The highest BCUT2D eigenvalue weighted by Gasteiger charge is 2.34. The second kappa shape index (κ2) is 7.59. The summed E-state index contributed by atoms with van der Waals surface area (Å²) < 4.78 is 56.5. The molecule has 1 aromatic rings. The predicted octanol–water partition coefficient (Wildman–Crippen LogP) is 3.92. The van der Waals surface area contributed by atoms with Crippen LogP contribution in [-0.4, -0.2) is 20.3 Å². The lowest BCUT2D eigenvalue weighted by molar-refractivity contribution is -0.140. The summed E-state index contributed by atoms with van der Waals surface area (Å²) in [5.41, 5.74) is -0.828. The zero-order valence-electron chi connectivity index (χ0n) is 11.6. The molecule has 0 heterocycles. The third-order valence-electron chi connectivity index (χ3n) is 2.95. The van der Waals surface area contributed by atoms with Crippen LogP contribution in [0.2, 0.25) is 0 Å². The predicted molar refractivity (Wildman–Crippen MR) is 68.9 cm³/mol. The number of benzene rings is 1. The number of alkyl halides is 3. The summed E-state index contributed by atoms with van der Waals surface area (Å²) in [5, 5.41) is 2.92. The summed E-state index contributed by atoms with van der Waals surface area (Å²) >= 11 is 0. The van der Waals surface area contributed by atoms with E-state index >= 15 is 0 Å². The van der Waals surface area contributed by atoms with E-state index < -0.39 is 17.6 Å². The largest absolute Gasteiger partial charge is 0.419 e. The Bertz CT molecular complexity index is 420. The number of hydrogen-bond acceptors (Lipinski definition) is 2. The van der Waals surface area contributed by atoms with Gasteiger partial charge in [0.1, 0.15) is 5.82 Å². The smallest absolute Gasteiger partial charge is 0.381 e. The second-order valence-electron chi connectivity index (χ2n) is 4.48. The molecule has 0 aliphatic heterocycles. The topological polar surface area (TPSA) is 21.3 Å². The molecular weight excluding hydrogens is 274 g/mol. The van der Waals surface area contributed by atoms with Crippen LogP contribution in [0.3, 0.4) is 0 Å². The summed E-state index contributed by atoms with van der Waals surface area (Å²) in [6.45, 7) is 3.04. The van der Waals surface area contributed by atoms with Crippen LogP contribution in [0.4, 0.5) is 17.6 Å². The van der Waals surface area contributed by atoms with Gasteiger partial charge in [-0.3, -0.25) is 0 Å². The summed E-state index contributed by atoms with van der Waals surface area (Å²) in [6.07, 6.45) is -3.27. The lowest BCUT2D eigenvalue weighted by Gasteiger charge is -2.18. The molecule has 1 atom stereocenters. The van der Waals surface area contributed by atoms with Gasteiger partial charge in [0.15, 0.2) is 0 Å². The average molecular weight is 293 g/mol. The molecule has 2 nitrogen and oxygen atoms in total. The van der Waals surface area contributed by atoms with Gasteiger partial charge in [-0.25, -0.2) is 4.39 Å². The van der Waals surface area contributed by atoms with Crippen LogP contribution < -0.4 is 5.32 Å². The summed E-state index contributed by atoms with van der Waals surface area (Å²) in [5.74, 6) is -1.25. The van der Waals surface area contributed by atoms with Crippen LogP contribution in [-0.2, 0) is 10.9 Å². The highest BCUT2D eigenvalue weighted by atomic mass is 19.4. The van der Waals surface area contributed by atoms with Crippen molar-refractivity contribution in [3.63, 3.8) is 0 Å². The summed E-state index contributed by atoms with van der Waals surface area (Å²) in [7, 11) is 1.65. The van der Waals surface area contributed by atoms with E-state index in [1.54, 1.807) is 7.05 Å². The third kappa shape index (κ3) is 4.76. The molecule has 0 radical (unpaired) electrons. The summed E-state index contributed by atoms with van der Waals surface area (Å²) in [6, 6.07) is 2.78. The maximum Gasteiger partial charge on any atom is 0.419 e. The average Bonchev–Trinajstić information content (AvgIpc) is 2.39. The Kier molecular flexibility index (Phi) is 6.42. The van der Waals surface area contributed by atoms with Gasteiger partial charge in [-0.2, -0.15) is 13.2 Å². The van der Waals surface area contributed by atoms with Gasteiger partial charge in [0.2, 0.25) is 0 Å². The van der Waals surface area contributed by atoms with Crippen molar-refractivity contribution in [2.45, 2.75) is 32.0 Å². The van der Waals surface area contributed by atoms with Crippen molar-refractivity contribution in [1.82, 2.24) is 5.32 Å². The minimum Gasteiger partial charge on any atom is -0.381 e. The van der Waals surface area contributed by atoms with Crippen molar-refractivity contribution in [2.75, 3.05) is 20.3 Å². The van der Waals surface area contributed by atoms with E-state index in [-0.39, 0.29) is 6.04 Å². The van der Waals surface area contributed by atoms with E-state index in [1.807, 2.05) is 6.92 Å². The Morgan fingerprint density at radius 3 is 2.50 bits per heavy atom. The Labute approximate surface area is 116 Å². The molecule has 0 aliphatic carbocycles. The first-order valence-electron chi connectivity index (χ1n) is 6.51. The van der Waals surface area contributed by atoms with Gasteiger partial charge in [-0.1, -0.05) is 13.0 Å². The van der Waals surface area contributed by atoms with E-state index in [0.717, 1.165) is 18.6 Å². The minimum atomic E-state index is -4.68. The number of halogens is 4. The first-order chi connectivity index (χ1) is 9.40. The van der Waals surface area contributed by atoms with Crippen LogP contribution in [0.15, 0.2) is 18.2 Å². The molecule has 1 unspecified atom stereocenters. The second-order valence-corrected chi connectivity index (χ2v) is 4.48. The van der Waals surface area contributed by atoms with Gasteiger partial charge in [0.05, 0.1) is 5.56 Å². The van der Waals surface area contributed by atoms with E-state index in [0.29, 0.717) is 25.2 Å². The van der Waals surface area contributed by atoms with Crippen molar-refractivity contribution < 1.29 is 22.3 Å². The van der Waals surface area contributed by atoms with E-state index in [9.17, 15) is 17.6 Å². The number of rotatable bonds is 7. The molecule has 0 aliphatic rings. The molecular formula is C14H19F4NO. The zero-order valence-corrected chi connectivity index (χ0v) is 11.6. The van der Waals surface area contributed by atoms with Gasteiger partial charge >= 0.3 is 6.18 Å². The molecule has 0 spiro atoms. The first kappa shape index (κ1) is 16.9. The Balaban J connectivity index is 2.82. The van der Waals surface area contributed by atoms with Crippen LogP contribution in [0, 0.1) is 5.82 Å². The Morgan fingerprint density at radius 1 is 1.25 bits per heavy atom. The van der Waals surface area contributed by atoms with E-state index in [4.69, 9.17) is 4.74 Å². The van der Waals surface area contributed by atoms with E-state index in [1.165, 1.54) is 6.07 Å². The fourth-order valence-corrected chi connectivity index (χ4v) is 1.90. The van der Waals surface area contributed by atoms with E-state index in [2.05, 4.69) is 5.32 Å². The lowest BCUT2D eigenvalue weighted by Crippen LogP contribution is -2.20. The third-order valence-corrected chi connectivity index (χ3v) is 2.95. The number of ether oxygens (including phenoxy) is 1. The first-order valence-corrected chi connectivity index (χ1v) is 6.51. The number of hydrogen-bond donors (Lipinski definition) is 1. The van der Waals surface area contributed by atoms with Crippen molar-refractivity contribution in [3.05, 3.63) is 35.1 Å². The maximum atomic E-state index is 13.2. The van der Waals surface area contributed by atoms with Crippen LogP contribution in [0.25, 0.3) is 0 Å². The van der Waals surface area contributed by atoms with Gasteiger partial charge in [-0.05, 0) is 37.6 Å². The molecule has 0 amide bonds. The highest BCUT2D eigenvalue weighted by Crippen LogP contribution is 2.33. The molecule has 114 valence electrons. The zero-order chi connectivity index (χ0) is 15.2. The monoisotopic (exact) mass is 293 g/mol. The van der Waals surface area contributed by atoms with Gasteiger partial charge in [0, 0.05) is 19.3 Å². The summed E-state index contributed by atoms with van der Waals surface area (Å²) in [4.78, 5) is 0. The normalized spacial score (nSPS) is 13.5. The molecule has 0 bridgehead atoms. The fraction of sp³-hybridized carbons (Fsp3) is 0.571. The molecule has 1 aromatic carbocycles. The quantitative estimate of drug-likeness (QED) is 0.607. The SMILES string of the molecule is CCCOCCC(NC)c1ccc(F)c(C(F)(F)F)c1. The molecule has 1 rings (SSSR count). The molecule has 1 N–H and O–H groups in total. The van der Waals surface area contributed by atoms with Crippen molar-refractivity contribution in [3.8, 4) is 0 Å². The molecule has 0 fully saturated rings.